The van der Waals surface area contributed by atoms with Gasteiger partial charge in [0.1, 0.15) is 11.9 Å². The van der Waals surface area contributed by atoms with Crippen LogP contribution in [0.25, 0.3) is 0 Å². The molecule has 0 N–H and O–H groups in total. The van der Waals surface area contributed by atoms with Crippen LogP contribution in [0, 0.1) is 0 Å². The molecule has 1 aliphatic heterocycles. The molecular formula is C20H31NO3. The van der Waals surface area contributed by atoms with E-state index < -0.39 is 6.10 Å². The highest BCUT2D eigenvalue weighted by molar-refractivity contribution is 5.56. The summed E-state index contributed by atoms with van der Waals surface area (Å²) in [4.78, 5) is 17.7. The molecule has 1 heterocycles. The number of nitrogens with zero attached hydrogens (tertiary/aromatic N) is 1. The van der Waals surface area contributed by atoms with Gasteiger partial charge in [0.2, 0.25) is 0 Å². The second-order valence-electron chi connectivity index (χ2n) is 7.94. The lowest BCUT2D eigenvalue weighted by atomic mass is 9.82. The summed E-state index contributed by atoms with van der Waals surface area (Å²) in [6.45, 7) is 8.77. The second-order valence-corrected chi connectivity index (χ2v) is 7.94. The number of carbonyl (C=O) groups excluding carboxylic acids is 1. The van der Waals surface area contributed by atoms with Gasteiger partial charge in [0.05, 0.1) is 7.11 Å². The largest absolute Gasteiger partial charge is 0.497 e. The van der Waals surface area contributed by atoms with Gasteiger partial charge in [0, 0.05) is 11.1 Å². The number of hydrogen-bond acceptors (Lipinski definition) is 4. The zero-order valence-corrected chi connectivity index (χ0v) is 15.7. The number of aryl methyl sites for hydroxylation is 1. The van der Waals surface area contributed by atoms with Crippen molar-refractivity contribution in [2.24, 2.45) is 0 Å². The molecule has 4 heteroatoms. The summed E-state index contributed by atoms with van der Waals surface area (Å²) < 4.78 is 5.17. The van der Waals surface area contributed by atoms with Crippen LogP contribution in [-0.4, -0.2) is 35.6 Å². The molecule has 0 aromatic heterocycles. The quantitative estimate of drug-likeness (QED) is 0.702. The van der Waals surface area contributed by atoms with E-state index in [-0.39, 0.29) is 11.1 Å². The van der Waals surface area contributed by atoms with Crippen LogP contribution in [0.1, 0.15) is 58.9 Å². The van der Waals surface area contributed by atoms with Crippen molar-refractivity contribution in [3.05, 3.63) is 29.8 Å². The summed E-state index contributed by atoms with van der Waals surface area (Å²) >= 11 is 0. The van der Waals surface area contributed by atoms with Crippen LogP contribution in [0.4, 0.5) is 0 Å². The third-order valence-electron chi connectivity index (χ3n) is 4.95. The Bertz CT molecular complexity index is 520. The summed E-state index contributed by atoms with van der Waals surface area (Å²) in [5, 5.41) is 2.07. The summed E-state index contributed by atoms with van der Waals surface area (Å²) in [6.07, 6.45) is 5.37. The molecule has 134 valence electrons. The van der Waals surface area contributed by atoms with Gasteiger partial charge in [-0.15, -0.1) is 0 Å². The van der Waals surface area contributed by atoms with E-state index in [0.29, 0.717) is 6.42 Å². The maximum absolute atomic E-state index is 11.6. The fraction of sp³-hybridized carbons (Fsp3) is 0.650. The summed E-state index contributed by atoms with van der Waals surface area (Å²) in [5.74, 6) is 0.846. The first-order valence-electron chi connectivity index (χ1n) is 8.84. The molecular weight excluding hydrogens is 302 g/mol. The third-order valence-corrected chi connectivity index (χ3v) is 4.95. The van der Waals surface area contributed by atoms with Crippen LogP contribution in [0.15, 0.2) is 24.3 Å². The third kappa shape index (κ3) is 4.58. The average molecular weight is 333 g/mol. The van der Waals surface area contributed by atoms with Gasteiger partial charge in [-0.1, -0.05) is 12.1 Å². The molecule has 1 fully saturated rings. The Morgan fingerprint density at radius 2 is 1.71 bits per heavy atom. The van der Waals surface area contributed by atoms with Crippen molar-refractivity contribution in [1.82, 2.24) is 5.06 Å². The average Bonchev–Trinajstić information content (AvgIpc) is 2.53. The van der Waals surface area contributed by atoms with Gasteiger partial charge in [0.25, 0.3) is 0 Å². The van der Waals surface area contributed by atoms with Crippen molar-refractivity contribution < 1.29 is 14.4 Å². The smallest absolute Gasteiger partial charge is 0.150 e. The molecule has 0 amide bonds. The lowest BCUT2D eigenvalue weighted by molar-refractivity contribution is -0.297. The molecule has 0 spiro atoms. The predicted molar refractivity (Wildman–Crippen MR) is 96.1 cm³/mol. The molecule has 4 nitrogen and oxygen atoms in total. The zero-order valence-electron chi connectivity index (χ0n) is 15.7. The minimum Gasteiger partial charge on any atom is -0.497 e. The number of carbonyl (C=O) groups is 1. The van der Waals surface area contributed by atoms with Crippen LogP contribution < -0.4 is 4.74 Å². The summed E-state index contributed by atoms with van der Waals surface area (Å²) in [6, 6.07) is 7.97. The Morgan fingerprint density at radius 3 is 2.21 bits per heavy atom. The number of methoxy groups -OCH3 is 1. The molecule has 0 unspecified atom stereocenters. The van der Waals surface area contributed by atoms with Gasteiger partial charge in [-0.3, -0.25) is 4.84 Å². The van der Waals surface area contributed by atoms with Crippen LogP contribution in [0.5, 0.6) is 5.75 Å². The van der Waals surface area contributed by atoms with Gasteiger partial charge in [0.15, 0.2) is 6.29 Å². The van der Waals surface area contributed by atoms with Gasteiger partial charge < -0.3 is 9.53 Å². The zero-order chi connectivity index (χ0) is 17.8. The van der Waals surface area contributed by atoms with Crippen molar-refractivity contribution in [1.29, 1.82) is 0 Å². The Kier molecular flexibility index (Phi) is 6.05. The second kappa shape index (κ2) is 7.66. The van der Waals surface area contributed by atoms with Crippen LogP contribution in [0.3, 0.4) is 0 Å². The molecule has 0 aliphatic carbocycles. The van der Waals surface area contributed by atoms with E-state index in [4.69, 9.17) is 9.57 Å². The Morgan fingerprint density at radius 1 is 1.12 bits per heavy atom. The molecule has 0 bridgehead atoms. The van der Waals surface area contributed by atoms with E-state index in [0.717, 1.165) is 31.3 Å². The molecule has 1 aromatic rings. The number of benzene rings is 1. The highest BCUT2D eigenvalue weighted by atomic mass is 16.7. The lowest BCUT2D eigenvalue weighted by Gasteiger charge is -2.52. The number of rotatable bonds is 7. The van der Waals surface area contributed by atoms with Gasteiger partial charge in [-0.05, 0) is 77.5 Å². The number of hydrogen-bond donors (Lipinski definition) is 0. The maximum atomic E-state index is 11.6. The highest BCUT2D eigenvalue weighted by Crippen LogP contribution is 2.38. The highest BCUT2D eigenvalue weighted by Gasteiger charge is 2.43. The topological polar surface area (TPSA) is 38.8 Å². The van der Waals surface area contributed by atoms with E-state index >= 15 is 0 Å². The monoisotopic (exact) mass is 333 g/mol. The Balaban J connectivity index is 1.98. The maximum Gasteiger partial charge on any atom is 0.150 e. The molecule has 1 atom stereocenters. The number of aldehydes is 1. The summed E-state index contributed by atoms with van der Waals surface area (Å²) in [7, 11) is 1.66. The standard InChI is InChI=1S/C20H31NO3/c1-19(2)13-6-14-20(3,4)21(19)24-18(15-22)12-9-16-7-10-17(23-5)11-8-16/h7-8,10-11,15,18H,6,9,12-14H2,1-5H3/t18-/m1/s1. The first-order valence-corrected chi connectivity index (χ1v) is 8.84. The van der Waals surface area contributed by atoms with Crippen molar-refractivity contribution in [2.45, 2.75) is 77.0 Å². The molecule has 0 radical (unpaired) electrons. The molecule has 0 saturated carbocycles. The fourth-order valence-electron chi connectivity index (χ4n) is 3.64. The van der Waals surface area contributed by atoms with E-state index in [9.17, 15) is 4.79 Å². The normalized spacial score (nSPS) is 21.2. The Hall–Kier alpha value is -1.39. The minimum atomic E-state index is -0.413. The van der Waals surface area contributed by atoms with Gasteiger partial charge in [-0.2, -0.15) is 5.06 Å². The molecule has 1 aliphatic rings. The van der Waals surface area contributed by atoms with Crippen LogP contribution >= 0.6 is 0 Å². The van der Waals surface area contributed by atoms with E-state index in [1.54, 1.807) is 7.11 Å². The fourth-order valence-corrected chi connectivity index (χ4v) is 3.64. The Labute approximate surface area is 146 Å². The minimum absolute atomic E-state index is 0.0525. The SMILES string of the molecule is COc1ccc(CC[C@H](C=O)ON2C(C)(C)CCCC2(C)C)cc1. The van der Waals surface area contributed by atoms with Crippen molar-refractivity contribution in [2.75, 3.05) is 7.11 Å². The van der Waals surface area contributed by atoms with Gasteiger partial charge in [-0.25, -0.2) is 0 Å². The summed E-state index contributed by atoms with van der Waals surface area (Å²) in [5.41, 5.74) is 1.08. The predicted octanol–water partition coefficient (Wildman–Crippen LogP) is 4.17. The first kappa shape index (κ1) is 18.9. The van der Waals surface area contributed by atoms with Crippen molar-refractivity contribution in [3.8, 4) is 5.75 Å². The first-order chi connectivity index (χ1) is 11.3. The number of hydroxylamine groups is 2. The van der Waals surface area contributed by atoms with Crippen LogP contribution in [-0.2, 0) is 16.1 Å². The molecule has 2 rings (SSSR count). The van der Waals surface area contributed by atoms with Gasteiger partial charge >= 0.3 is 0 Å². The number of piperidine rings is 1. The lowest BCUT2D eigenvalue weighted by Crippen LogP contribution is -2.59. The molecule has 1 aromatic carbocycles. The molecule has 24 heavy (non-hydrogen) atoms. The van der Waals surface area contributed by atoms with E-state index in [2.05, 4.69) is 32.8 Å². The van der Waals surface area contributed by atoms with E-state index in [1.165, 1.54) is 12.0 Å². The molecule has 1 saturated heterocycles. The van der Waals surface area contributed by atoms with Crippen LogP contribution in [0.2, 0.25) is 0 Å². The number of ether oxygens (including phenoxy) is 1. The van der Waals surface area contributed by atoms with Crippen molar-refractivity contribution >= 4 is 6.29 Å². The van der Waals surface area contributed by atoms with E-state index in [1.807, 2.05) is 24.3 Å². The van der Waals surface area contributed by atoms with Crippen molar-refractivity contribution in [3.63, 3.8) is 0 Å².